The van der Waals surface area contributed by atoms with Gasteiger partial charge in [-0.25, -0.2) is 17.6 Å². The normalized spacial score (nSPS) is 11.1. The molecule has 0 aliphatic rings. The molecule has 0 aromatic heterocycles. The first-order valence-corrected chi connectivity index (χ1v) is 10.5. The Balaban J connectivity index is 1.77. The molecule has 0 saturated carbocycles. The van der Waals surface area contributed by atoms with Crippen LogP contribution < -0.4 is 9.47 Å². The summed E-state index contributed by atoms with van der Waals surface area (Å²) in [5.41, 5.74) is 0. The lowest BCUT2D eigenvalue weighted by Crippen LogP contribution is -2.08. The van der Waals surface area contributed by atoms with Crippen molar-refractivity contribution < 1.29 is 44.6 Å². The maximum atomic E-state index is 13.6. The smallest absolute Gasteiger partial charge is 0.205 e. The Morgan fingerprint density at radius 1 is 0.433 bits per heavy atom. The van der Waals surface area contributed by atoms with Crippen molar-refractivity contribution in [1.29, 1.82) is 0 Å². The average Bonchev–Trinajstić information content (AvgIpc) is 2.73. The summed E-state index contributed by atoms with van der Waals surface area (Å²) in [5, 5.41) is 0. The summed E-state index contributed by atoms with van der Waals surface area (Å²) >= 11 is 2.25. The zero-order valence-corrected chi connectivity index (χ0v) is 19.2. The fraction of sp³-hybridized carbons (Fsp3) is 0.333. The highest BCUT2D eigenvalue weighted by Gasteiger charge is 2.26. The van der Waals surface area contributed by atoms with E-state index in [9.17, 15) is 35.1 Å². The van der Waals surface area contributed by atoms with Crippen molar-refractivity contribution in [3.63, 3.8) is 0 Å². The van der Waals surface area contributed by atoms with Gasteiger partial charge in [0.2, 0.25) is 23.3 Å². The molecule has 0 radical (unpaired) electrons. The van der Waals surface area contributed by atoms with Gasteiger partial charge in [0.25, 0.3) is 0 Å². The van der Waals surface area contributed by atoms with Gasteiger partial charge in [-0.3, -0.25) is 0 Å². The van der Waals surface area contributed by atoms with Gasteiger partial charge in [-0.05, 0) is 70.9 Å². The monoisotopic (exact) mass is 666 g/mol. The minimum atomic E-state index is -1.63. The van der Waals surface area contributed by atoms with E-state index in [1.807, 2.05) is 0 Å². The molecule has 0 N–H and O–H groups in total. The Morgan fingerprint density at radius 3 is 0.967 bits per heavy atom. The van der Waals surface area contributed by atoms with E-state index in [1.165, 1.54) is 0 Å². The summed E-state index contributed by atoms with van der Waals surface area (Å²) < 4.78 is 116. The van der Waals surface area contributed by atoms with Gasteiger partial charge in [-0.15, -0.1) is 0 Å². The lowest BCUT2D eigenvalue weighted by Gasteiger charge is -2.11. The van der Waals surface area contributed by atoms with Crippen LogP contribution in [0.15, 0.2) is 0 Å². The van der Waals surface area contributed by atoms with E-state index < -0.39 is 65.2 Å². The number of rotatable bonds is 9. The first-order chi connectivity index (χ1) is 14.1. The fourth-order valence-corrected chi connectivity index (χ4v) is 3.28. The highest BCUT2D eigenvalue weighted by Crippen LogP contribution is 2.32. The lowest BCUT2D eigenvalue weighted by atomic mass is 10.2. The number of ether oxygens (including phenoxy) is 2. The molecule has 2 rings (SSSR count). The van der Waals surface area contributed by atoms with Gasteiger partial charge in [0.1, 0.15) is 0 Å². The standard InChI is InChI=1S/C18H12F8I2O2/c19-7-11(23)17(12(24)8(20)15(7)27)29-5-3-1-2-4-6-30-18-13(25)9(21)16(28)10(22)14(18)26/h1-6H2. The summed E-state index contributed by atoms with van der Waals surface area (Å²) in [7, 11) is 0. The van der Waals surface area contributed by atoms with Crippen LogP contribution in [0.25, 0.3) is 0 Å². The van der Waals surface area contributed by atoms with Gasteiger partial charge in [0.05, 0.1) is 20.4 Å². The minimum Gasteiger partial charge on any atom is -0.487 e. The third-order valence-electron chi connectivity index (χ3n) is 3.87. The first-order valence-electron chi connectivity index (χ1n) is 8.38. The summed E-state index contributed by atoms with van der Waals surface area (Å²) in [6, 6.07) is 0. The Labute approximate surface area is 193 Å². The predicted molar refractivity (Wildman–Crippen MR) is 107 cm³/mol. The molecule has 0 fully saturated rings. The van der Waals surface area contributed by atoms with Crippen LogP contribution in [0.1, 0.15) is 25.7 Å². The van der Waals surface area contributed by atoms with E-state index in [-0.39, 0.29) is 26.1 Å². The zero-order chi connectivity index (χ0) is 22.6. The molecule has 0 aliphatic carbocycles. The van der Waals surface area contributed by atoms with E-state index >= 15 is 0 Å². The maximum absolute atomic E-state index is 13.6. The topological polar surface area (TPSA) is 18.5 Å². The van der Waals surface area contributed by atoms with Crippen LogP contribution in [-0.4, -0.2) is 13.2 Å². The molecule has 0 spiro atoms. The van der Waals surface area contributed by atoms with Gasteiger partial charge in [0, 0.05) is 0 Å². The molecular weight excluding hydrogens is 654 g/mol. The molecule has 0 aliphatic heterocycles. The summed E-state index contributed by atoms with van der Waals surface area (Å²) in [5.74, 6) is -15.0. The number of halogens is 10. The van der Waals surface area contributed by atoms with Crippen molar-refractivity contribution >= 4 is 45.2 Å². The van der Waals surface area contributed by atoms with Crippen molar-refractivity contribution in [2.45, 2.75) is 25.7 Å². The molecule has 2 aromatic rings. The van der Waals surface area contributed by atoms with Crippen LogP contribution in [0.3, 0.4) is 0 Å². The molecular formula is C18H12F8I2O2. The number of unbranched alkanes of at least 4 members (excludes halogenated alkanes) is 3. The minimum absolute atomic E-state index is 0.240. The number of hydrogen-bond acceptors (Lipinski definition) is 2. The second kappa shape index (κ2) is 11.0. The van der Waals surface area contributed by atoms with Crippen LogP contribution in [-0.2, 0) is 0 Å². The quantitative estimate of drug-likeness (QED) is 0.0942. The molecule has 2 aromatic carbocycles. The van der Waals surface area contributed by atoms with Crippen molar-refractivity contribution in [3.8, 4) is 11.5 Å². The van der Waals surface area contributed by atoms with Crippen LogP contribution in [0.4, 0.5) is 35.1 Å². The molecule has 2 nitrogen and oxygen atoms in total. The van der Waals surface area contributed by atoms with E-state index in [0.717, 1.165) is 45.2 Å². The third-order valence-corrected chi connectivity index (χ3v) is 5.76. The first kappa shape index (κ1) is 25.2. The predicted octanol–water partition coefficient (Wildman–Crippen LogP) is 7.03. The summed E-state index contributed by atoms with van der Waals surface area (Å²) in [4.78, 5) is 0. The molecule has 166 valence electrons. The average molecular weight is 666 g/mol. The molecule has 30 heavy (non-hydrogen) atoms. The number of benzene rings is 2. The molecule has 12 heteroatoms. The van der Waals surface area contributed by atoms with Gasteiger partial charge < -0.3 is 9.47 Å². The second-order valence-corrected chi connectivity index (χ2v) is 8.07. The molecule has 0 heterocycles. The van der Waals surface area contributed by atoms with Gasteiger partial charge in [-0.1, -0.05) is 0 Å². The van der Waals surface area contributed by atoms with Crippen LogP contribution in [0, 0.1) is 53.7 Å². The SMILES string of the molecule is Fc1c(F)c(OCCCCCCOc2c(F)c(F)c(I)c(F)c2F)c(F)c(F)c1I. The van der Waals surface area contributed by atoms with Crippen LogP contribution in [0.5, 0.6) is 11.5 Å². The molecule has 0 saturated heterocycles. The van der Waals surface area contributed by atoms with Crippen LogP contribution in [0.2, 0.25) is 0 Å². The Morgan fingerprint density at radius 2 is 0.700 bits per heavy atom. The van der Waals surface area contributed by atoms with Crippen molar-refractivity contribution in [1.82, 2.24) is 0 Å². The van der Waals surface area contributed by atoms with E-state index in [2.05, 4.69) is 0 Å². The Hall–Kier alpha value is -1.06. The Kier molecular flexibility index (Phi) is 9.24. The molecule has 0 atom stereocenters. The summed E-state index contributed by atoms with van der Waals surface area (Å²) in [6.45, 7) is -0.490. The van der Waals surface area contributed by atoms with Gasteiger partial charge >= 0.3 is 0 Å². The molecule has 0 bridgehead atoms. The number of hydrogen-bond donors (Lipinski definition) is 0. The van der Waals surface area contributed by atoms with E-state index in [4.69, 9.17) is 9.47 Å². The third kappa shape index (κ3) is 5.40. The van der Waals surface area contributed by atoms with Crippen molar-refractivity contribution in [2.24, 2.45) is 0 Å². The highest BCUT2D eigenvalue weighted by atomic mass is 127. The lowest BCUT2D eigenvalue weighted by molar-refractivity contribution is 0.250. The van der Waals surface area contributed by atoms with Crippen molar-refractivity contribution in [3.05, 3.63) is 53.7 Å². The Bertz CT molecular complexity index is 806. The van der Waals surface area contributed by atoms with E-state index in [0.29, 0.717) is 12.8 Å². The largest absolute Gasteiger partial charge is 0.487 e. The van der Waals surface area contributed by atoms with Crippen molar-refractivity contribution in [2.75, 3.05) is 13.2 Å². The van der Waals surface area contributed by atoms with Crippen LogP contribution >= 0.6 is 45.2 Å². The fourth-order valence-electron chi connectivity index (χ4n) is 2.33. The van der Waals surface area contributed by atoms with Gasteiger partial charge in [-0.2, -0.15) is 17.6 Å². The molecule has 0 amide bonds. The maximum Gasteiger partial charge on any atom is 0.205 e. The second-order valence-electron chi connectivity index (χ2n) is 5.91. The molecule has 0 unspecified atom stereocenters. The van der Waals surface area contributed by atoms with E-state index in [1.54, 1.807) is 0 Å². The zero-order valence-electron chi connectivity index (χ0n) is 14.8. The van der Waals surface area contributed by atoms with Gasteiger partial charge in [0.15, 0.2) is 34.8 Å². The summed E-state index contributed by atoms with van der Waals surface area (Å²) in [6.07, 6.45) is 1.29. The highest BCUT2D eigenvalue weighted by molar-refractivity contribution is 14.1.